The SMILES string of the molecule is CC(=O)NCCCNC(=O)c1c(C(C)(C)C)noc1C. The van der Waals surface area contributed by atoms with E-state index in [9.17, 15) is 9.59 Å². The van der Waals surface area contributed by atoms with Gasteiger partial charge >= 0.3 is 0 Å². The highest BCUT2D eigenvalue weighted by atomic mass is 16.5. The van der Waals surface area contributed by atoms with E-state index in [1.165, 1.54) is 6.92 Å². The third kappa shape index (κ3) is 4.36. The van der Waals surface area contributed by atoms with Crippen LogP contribution in [0.1, 0.15) is 55.9 Å². The minimum atomic E-state index is -0.249. The molecule has 0 radical (unpaired) electrons. The number of hydrogen-bond donors (Lipinski definition) is 2. The van der Waals surface area contributed by atoms with Crippen LogP contribution in [0.15, 0.2) is 4.52 Å². The molecule has 20 heavy (non-hydrogen) atoms. The minimum Gasteiger partial charge on any atom is -0.361 e. The zero-order chi connectivity index (χ0) is 15.3. The number of carbonyl (C=O) groups is 2. The number of carbonyl (C=O) groups excluding carboxylic acids is 2. The van der Waals surface area contributed by atoms with Crippen LogP contribution in [0.3, 0.4) is 0 Å². The van der Waals surface area contributed by atoms with E-state index in [4.69, 9.17) is 4.52 Å². The maximum absolute atomic E-state index is 12.2. The second-order valence-electron chi connectivity index (χ2n) is 5.80. The van der Waals surface area contributed by atoms with Gasteiger partial charge in [-0.15, -0.1) is 0 Å². The van der Waals surface area contributed by atoms with E-state index in [0.717, 1.165) is 0 Å². The minimum absolute atomic E-state index is 0.0683. The Balaban J connectivity index is 2.60. The lowest BCUT2D eigenvalue weighted by atomic mass is 9.88. The summed E-state index contributed by atoms with van der Waals surface area (Å²) in [5.41, 5.74) is 0.923. The molecule has 0 bridgehead atoms. The molecule has 6 heteroatoms. The fourth-order valence-corrected chi connectivity index (χ4v) is 1.79. The largest absolute Gasteiger partial charge is 0.361 e. The van der Waals surface area contributed by atoms with Gasteiger partial charge in [0.15, 0.2) is 0 Å². The van der Waals surface area contributed by atoms with E-state index in [2.05, 4.69) is 15.8 Å². The van der Waals surface area contributed by atoms with Gasteiger partial charge in [0, 0.05) is 25.4 Å². The van der Waals surface area contributed by atoms with Gasteiger partial charge in [-0.1, -0.05) is 25.9 Å². The van der Waals surface area contributed by atoms with Crippen LogP contribution >= 0.6 is 0 Å². The van der Waals surface area contributed by atoms with E-state index in [0.29, 0.717) is 36.5 Å². The number of nitrogens with zero attached hydrogens (tertiary/aromatic N) is 1. The summed E-state index contributed by atoms with van der Waals surface area (Å²) in [6.45, 7) is 10.2. The molecule has 1 aromatic heterocycles. The molecule has 0 atom stereocenters. The zero-order valence-corrected chi connectivity index (χ0v) is 12.8. The van der Waals surface area contributed by atoms with Crippen molar-refractivity contribution in [1.82, 2.24) is 15.8 Å². The summed E-state index contributed by atoms with van der Waals surface area (Å²) in [5.74, 6) is 0.270. The molecule has 0 saturated carbocycles. The van der Waals surface area contributed by atoms with E-state index in [-0.39, 0.29) is 17.2 Å². The highest BCUT2D eigenvalue weighted by molar-refractivity contribution is 5.96. The number of hydrogen-bond acceptors (Lipinski definition) is 4. The van der Waals surface area contributed by atoms with Gasteiger partial charge in [0.25, 0.3) is 5.91 Å². The van der Waals surface area contributed by atoms with Crippen molar-refractivity contribution in [3.8, 4) is 0 Å². The van der Waals surface area contributed by atoms with Crippen molar-refractivity contribution in [1.29, 1.82) is 0 Å². The molecule has 1 aromatic rings. The molecule has 0 unspecified atom stereocenters. The van der Waals surface area contributed by atoms with Crippen molar-refractivity contribution in [3.05, 3.63) is 17.0 Å². The smallest absolute Gasteiger partial charge is 0.256 e. The highest BCUT2D eigenvalue weighted by Crippen LogP contribution is 2.26. The molecule has 0 aliphatic heterocycles. The summed E-state index contributed by atoms with van der Waals surface area (Å²) in [7, 11) is 0. The van der Waals surface area contributed by atoms with Crippen molar-refractivity contribution in [2.24, 2.45) is 0 Å². The molecule has 0 aromatic carbocycles. The number of amides is 2. The summed E-state index contributed by atoms with van der Waals surface area (Å²) in [6, 6.07) is 0. The van der Waals surface area contributed by atoms with Crippen LogP contribution in [-0.2, 0) is 10.2 Å². The molecule has 0 spiro atoms. The van der Waals surface area contributed by atoms with Gasteiger partial charge in [0.05, 0.1) is 0 Å². The Kier molecular flexibility index (Phi) is 5.30. The van der Waals surface area contributed by atoms with Gasteiger partial charge in [-0.2, -0.15) is 0 Å². The average Bonchev–Trinajstić information content (AvgIpc) is 2.69. The monoisotopic (exact) mass is 281 g/mol. The van der Waals surface area contributed by atoms with Crippen LogP contribution in [0.25, 0.3) is 0 Å². The van der Waals surface area contributed by atoms with Crippen molar-refractivity contribution >= 4 is 11.8 Å². The van der Waals surface area contributed by atoms with Gasteiger partial charge in [0.2, 0.25) is 5.91 Å². The maximum atomic E-state index is 12.2. The van der Waals surface area contributed by atoms with Gasteiger partial charge in [-0.3, -0.25) is 9.59 Å². The fraction of sp³-hybridized carbons (Fsp3) is 0.643. The Hall–Kier alpha value is -1.85. The molecule has 2 N–H and O–H groups in total. The topological polar surface area (TPSA) is 84.2 Å². The number of nitrogens with one attached hydrogen (secondary N) is 2. The molecule has 6 nitrogen and oxygen atoms in total. The Labute approximate surface area is 119 Å². The predicted octanol–water partition coefficient (Wildman–Crippen LogP) is 1.54. The van der Waals surface area contributed by atoms with Crippen LogP contribution in [0, 0.1) is 6.92 Å². The van der Waals surface area contributed by atoms with Crippen LogP contribution in [-0.4, -0.2) is 30.1 Å². The second-order valence-corrected chi connectivity index (χ2v) is 5.80. The predicted molar refractivity (Wildman–Crippen MR) is 75.6 cm³/mol. The van der Waals surface area contributed by atoms with Crippen molar-refractivity contribution in [2.75, 3.05) is 13.1 Å². The Morgan fingerprint density at radius 2 is 1.80 bits per heavy atom. The van der Waals surface area contributed by atoms with Crippen LogP contribution in [0.4, 0.5) is 0 Å². The average molecular weight is 281 g/mol. The first-order chi connectivity index (χ1) is 9.23. The number of rotatable bonds is 5. The third-order valence-corrected chi connectivity index (χ3v) is 2.81. The lowest BCUT2D eigenvalue weighted by Crippen LogP contribution is -2.30. The quantitative estimate of drug-likeness (QED) is 0.802. The summed E-state index contributed by atoms with van der Waals surface area (Å²) in [4.78, 5) is 22.9. The number of aryl methyl sites for hydroxylation is 1. The maximum Gasteiger partial charge on any atom is 0.256 e. The van der Waals surface area contributed by atoms with Crippen LogP contribution in [0.5, 0.6) is 0 Å². The molecule has 1 heterocycles. The van der Waals surface area contributed by atoms with E-state index < -0.39 is 0 Å². The molecule has 0 saturated heterocycles. The van der Waals surface area contributed by atoms with Crippen LogP contribution in [0.2, 0.25) is 0 Å². The Morgan fingerprint density at radius 1 is 1.20 bits per heavy atom. The summed E-state index contributed by atoms with van der Waals surface area (Å²) in [6.07, 6.45) is 0.681. The van der Waals surface area contributed by atoms with Gasteiger partial charge in [0.1, 0.15) is 17.0 Å². The van der Waals surface area contributed by atoms with Gasteiger partial charge in [-0.25, -0.2) is 0 Å². The first-order valence-corrected chi connectivity index (χ1v) is 6.73. The lowest BCUT2D eigenvalue weighted by Gasteiger charge is -2.16. The Morgan fingerprint density at radius 3 is 2.35 bits per heavy atom. The highest BCUT2D eigenvalue weighted by Gasteiger charge is 2.28. The normalized spacial score (nSPS) is 11.2. The van der Waals surface area contributed by atoms with E-state index >= 15 is 0 Å². The third-order valence-electron chi connectivity index (χ3n) is 2.81. The van der Waals surface area contributed by atoms with Gasteiger partial charge < -0.3 is 15.2 Å². The summed E-state index contributed by atoms with van der Waals surface area (Å²) >= 11 is 0. The first kappa shape index (κ1) is 16.2. The van der Waals surface area contributed by atoms with Crippen LogP contribution < -0.4 is 10.6 Å². The molecule has 0 aliphatic rings. The Bertz CT molecular complexity index is 486. The summed E-state index contributed by atoms with van der Waals surface area (Å²) in [5, 5.41) is 9.48. The van der Waals surface area contributed by atoms with Crippen molar-refractivity contribution in [3.63, 3.8) is 0 Å². The fourth-order valence-electron chi connectivity index (χ4n) is 1.79. The molecular weight excluding hydrogens is 258 g/mol. The zero-order valence-electron chi connectivity index (χ0n) is 12.8. The van der Waals surface area contributed by atoms with E-state index in [1.807, 2.05) is 20.8 Å². The molecule has 112 valence electrons. The summed E-state index contributed by atoms with van der Waals surface area (Å²) < 4.78 is 5.13. The first-order valence-electron chi connectivity index (χ1n) is 6.73. The van der Waals surface area contributed by atoms with Gasteiger partial charge in [-0.05, 0) is 13.3 Å². The standard InChI is InChI=1S/C14H23N3O3/c1-9-11(12(17-20-9)14(3,4)5)13(19)16-8-6-7-15-10(2)18/h6-8H2,1-5H3,(H,15,18)(H,16,19). The van der Waals surface area contributed by atoms with Crippen molar-refractivity contribution in [2.45, 2.75) is 46.5 Å². The molecule has 0 aliphatic carbocycles. The molecule has 2 amide bonds. The second kappa shape index (κ2) is 6.54. The molecule has 0 fully saturated rings. The molecular formula is C14H23N3O3. The van der Waals surface area contributed by atoms with Crippen molar-refractivity contribution < 1.29 is 14.1 Å². The lowest BCUT2D eigenvalue weighted by molar-refractivity contribution is -0.118. The molecule has 1 rings (SSSR count). The number of aromatic nitrogens is 1. The van der Waals surface area contributed by atoms with E-state index in [1.54, 1.807) is 6.92 Å².